The lowest BCUT2D eigenvalue weighted by Gasteiger charge is -2.26. The molecule has 11 aromatic rings. The van der Waals surface area contributed by atoms with Crippen molar-refractivity contribution in [3.05, 3.63) is 200 Å². The Morgan fingerprint density at radius 3 is 1.59 bits per heavy atom. The molecule has 54 heavy (non-hydrogen) atoms. The molecule has 0 atom stereocenters. The average Bonchev–Trinajstić information content (AvgIpc) is 3.65. The van der Waals surface area contributed by atoms with Gasteiger partial charge in [0.05, 0.1) is 0 Å². The van der Waals surface area contributed by atoms with E-state index in [0.29, 0.717) is 0 Å². The minimum Gasteiger partial charge on any atom is -0.310 e. The second kappa shape index (κ2) is 12.4. The Kier molecular flexibility index (Phi) is 7.11. The highest BCUT2D eigenvalue weighted by molar-refractivity contribution is 7.27. The SMILES string of the molecule is c1ccc(-c2ccc(N(c3ccc(-c4cccc5c4sc4c6ccccc6c6ccccc6c54)cc3)c3ccc4c(ccc5ccccc54)c3)cc2)cc1. The van der Waals surface area contributed by atoms with Crippen molar-refractivity contribution >= 4 is 91.7 Å². The smallest absolute Gasteiger partial charge is 0.0468 e. The molecule has 0 bridgehead atoms. The van der Waals surface area contributed by atoms with Crippen molar-refractivity contribution in [2.24, 2.45) is 0 Å². The molecule has 0 fully saturated rings. The fourth-order valence-electron chi connectivity index (χ4n) is 8.47. The van der Waals surface area contributed by atoms with Gasteiger partial charge in [-0.2, -0.15) is 0 Å². The third kappa shape index (κ3) is 4.92. The van der Waals surface area contributed by atoms with Crippen LogP contribution in [0.5, 0.6) is 0 Å². The molecule has 0 aliphatic rings. The van der Waals surface area contributed by atoms with E-state index >= 15 is 0 Å². The van der Waals surface area contributed by atoms with E-state index in [9.17, 15) is 0 Å². The van der Waals surface area contributed by atoms with Crippen LogP contribution in [0.15, 0.2) is 200 Å². The molecule has 0 aliphatic carbocycles. The molecule has 0 N–H and O–H groups in total. The minimum absolute atomic E-state index is 1.12. The van der Waals surface area contributed by atoms with Gasteiger partial charge in [0.1, 0.15) is 0 Å². The maximum Gasteiger partial charge on any atom is 0.0468 e. The molecule has 0 radical (unpaired) electrons. The van der Waals surface area contributed by atoms with Gasteiger partial charge in [0.25, 0.3) is 0 Å². The zero-order valence-electron chi connectivity index (χ0n) is 29.4. The summed E-state index contributed by atoms with van der Waals surface area (Å²) in [4.78, 5) is 2.38. The molecule has 11 rings (SSSR count). The van der Waals surface area contributed by atoms with Crippen LogP contribution in [0.1, 0.15) is 0 Å². The maximum absolute atomic E-state index is 2.38. The molecular formula is C52H33NS. The van der Waals surface area contributed by atoms with Gasteiger partial charge in [-0.3, -0.25) is 0 Å². The second-order valence-corrected chi connectivity index (χ2v) is 15.1. The lowest BCUT2D eigenvalue weighted by molar-refractivity contribution is 1.29. The van der Waals surface area contributed by atoms with Crippen LogP contribution >= 0.6 is 11.3 Å². The van der Waals surface area contributed by atoms with Gasteiger partial charge in [0.2, 0.25) is 0 Å². The average molecular weight is 704 g/mol. The predicted octanol–water partition coefficient (Wildman–Crippen LogP) is 15.5. The van der Waals surface area contributed by atoms with Crippen molar-refractivity contribution in [3.8, 4) is 22.3 Å². The highest BCUT2D eigenvalue weighted by Crippen LogP contribution is 2.47. The Morgan fingerprint density at radius 1 is 0.296 bits per heavy atom. The summed E-state index contributed by atoms with van der Waals surface area (Å²) in [7, 11) is 0. The number of benzene rings is 10. The molecule has 1 nitrogen and oxygen atoms in total. The quantitative estimate of drug-likeness (QED) is 0.161. The van der Waals surface area contributed by atoms with Crippen LogP contribution in [-0.2, 0) is 0 Å². The zero-order chi connectivity index (χ0) is 35.6. The first-order chi connectivity index (χ1) is 26.8. The lowest BCUT2D eigenvalue weighted by atomic mass is 9.96. The van der Waals surface area contributed by atoms with Crippen molar-refractivity contribution < 1.29 is 0 Å². The number of hydrogen-bond acceptors (Lipinski definition) is 2. The normalized spacial score (nSPS) is 11.7. The Balaban J connectivity index is 1.05. The van der Waals surface area contributed by atoms with Crippen molar-refractivity contribution in [2.45, 2.75) is 0 Å². The van der Waals surface area contributed by atoms with E-state index in [1.54, 1.807) is 0 Å². The Bertz CT molecular complexity index is 3190. The van der Waals surface area contributed by atoms with E-state index in [0.717, 1.165) is 17.1 Å². The summed E-state index contributed by atoms with van der Waals surface area (Å²) in [5, 5.41) is 13.0. The summed E-state index contributed by atoms with van der Waals surface area (Å²) in [6.07, 6.45) is 0. The first-order valence-electron chi connectivity index (χ1n) is 18.5. The second-order valence-electron chi connectivity index (χ2n) is 14.1. The maximum atomic E-state index is 2.38. The largest absolute Gasteiger partial charge is 0.310 e. The van der Waals surface area contributed by atoms with Crippen LogP contribution in [0.25, 0.3) is 85.5 Å². The summed E-state index contributed by atoms with van der Waals surface area (Å²) in [5.41, 5.74) is 8.27. The lowest BCUT2D eigenvalue weighted by Crippen LogP contribution is -2.09. The van der Waals surface area contributed by atoms with Crippen LogP contribution in [0, 0.1) is 0 Å². The number of fused-ring (bicyclic) bond motifs is 11. The molecule has 10 aromatic carbocycles. The van der Waals surface area contributed by atoms with Gasteiger partial charge < -0.3 is 4.90 Å². The molecule has 1 heterocycles. The molecule has 0 saturated carbocycles. The van der Waals surface area contributed by atoms with Crippen LogP contribution in [0.2, 0.25) is 0 Å². The Morgan fingerprint density at radius 2 is 0.833 bits per heavy atom. The fourth-order valence-corrected chi connectivity index (χ4v) is 9.86. The molecule has 0 aliphatic heterocycles. The van der Waals surface area contributed by atoms with Gasteiger partial charge in [0, 0.05) is 42.6 Å². The van der Waals surface area contributed by atoms with Crippen molar-refractivity contribution in [1.82, 2.24) is 0 Å². The van der Waals surface area contributed by atoms with Gasteiger partial charge in [-0.25, -0.2) is 0 Å². The summed E-state index contributed by atoms with van der Waals surface area (Å²) in [6.45, 7) is 0. The number of thiophene rings is 1. The molecule has 0 amide bonds. The molecule has 252 valence electrons. The standard InChI is InChI=1S/C52H33NS/c1-2-11-34(12-3-1)35-23-27-39(28-24-35)53(41-31-32-43-38(33-41)22-21-36-13-4-5-14-42(36)43)40-29-25-37(26-30-40)44-19-10-20-49-50-47-17-8-6-15-45(47)46-16-7-9-18-48(46)52(50)54-51(44)49/h1-33H. The Hall–Kier alpha value is -6.74. The number of anilines is 3. The monoisotopic (exact) mass is 703 g/mol. The van der Waals surface area contributed by atoms with E-state index < -0.39 is 0 Å². The number of hydrogen-bond donors (Lipinski definition) is 0. The van der Waals surface area contributed by atoms with Gasteiger partial charge in [-0.15, -0.1) is 11.3 Å². The topological polar surface area (TPSA) is 3.24 Å². The van der Waals surface area contributed by atoms with Crippen molar-refractivity contribution in [2.75, 3.05) is 4.90 Å². The summed E-state index contributed by atoms with van der Waals surface area (Å²) < 4.78 is 2.69. The number of rotatable bonds is 5. The third-order valence-corrected chi connectivity index (χ3v) is 12.3. The summed E-state index contributed by atoms with van der Waals surface area (Å²) in [5.74, 6) is 0. The van der Waals surface area contributed by atoms with E-state index in [2.05, 4.69) is 205 Å². The Labute approximate surface area is 317 Å². The van der Waals surface area contributed by atoms with Crippen LogP contribution in [0.3, 0.4) is 0 Å². The fraction of sp³-hybridized carbons (Fsp3) is 0. The van der Waals surface area contributed by atoms with E-state index in [1.165, 1.54) is 85.5 Å². The van der Waals surface area contributed by atoms with Crippen LogP contribution < -0.4 is 4.90 Å². The van der Waals surface area contributed by atoms with E-state index in [1.807, 2.05) is 11.3 Å². The first-order valence-corrected chi connectivity index (χ1v) is 19.3. The highest BCUT2D eigenvalue weighted by Gasteiger charge is 2.18. The van der Waals surface area contributed by atoms with Crippen molar-refractivity contribution in [1.29, 1.82) is 0 Å². The van der Waals surface area contributed by atoms with Gasteiger partial charge in [0.15, 0.2) is 0 Å². The van der Waals surface area contributed by atoms with E-state index in [4.69, 9.17) is 0 Å². The summed E-state index contributed by atoms with van der Waals surface area (Å²) >= 11 is 1.92. The van der Waals surface area contributed by atoms with Gasteiger partial charge in [-0.05, 0) is 96.4 Å². The minimum atomic E-state index is 1.12. The summed E-state index contributed by atoms with van der Waals surface area (Å²) in [6, 6.07) is 73.2. The molecule has 0 unspecified atom stereocenters. The molecule has 0 saturated heterocycles. The molecule has 0 spiro atoms. The first kappa shape index (κ1) is 30.8. The molecule has 1 aromatic heterocycles. The van der Waals surface area contributed by atoms with E-state index in [-0.39, 0.29) is 0 Å². The third-order valence-electron chi connectivity index (χ3n) is 11.0. The number of nitrogens with zero attached hydrogens (tertiary/aromatic N) is 1. The van der Waals surface area contributed by atoms with Crippen LogP contribution in [-0.4, -0.2) is 0 Å². The van der Waals surface area contributed by atoms with Gasteiger partial charge in [-0.1, -0.05) is 164 Å². The van der Waals surface area contributed by atoms with Crippen LogP contribution in [0.4, 0.5) is 17.1 Å². The van der Waals surface area contributed by atoms with Crippen molar-refractivity contribution in [3.63, 3.8) is 0 Å². The molecular weight excluding hydrogens is 671 g/mol. The van der Waals surface area contributed by atoms with Gasteiger partial charge >= 0.3 is 0 Å². The predicted molar refractivity (Wildman–Crippen MR) is 235 cm³/mol. The molecule has 2 heteroatoms. The highest BCUT2D eigenvalue weighted by atomic mass is 32.1. The zero-order valence-corrected chi connectivity index (χ0v) is 30.2.